The highest BCUT2D eigenvalue weighted by Crippen LogP contribution is 2.29. The zero-order valence-corrected chi connectivity index (χ0v) is 18.3. The number of piperidine rings is 1. The largest absolute Gasteiger partial charge is 0.504 e. The van der Waals surface area contributed by atoms with Gasteiger partial charge in [0.15, 0.2) is 23.0 Å². The van der Waals surface area contributed by atoms with Gasteiger partial charge in [0, 0.05) is 30.1 Å². The SMILES string of the molecule is COc1ccc(C(=O)N2CCC(C(=O)N/N=C\c3cccc(OC)c3O)CC2)cc1OC. The van der Waals surface area contributed by atoms with E-state index in [0.29, 0.717) is 54.3 Å². The van der Waals surface area contributed by atoms with E-state index in [1.165, 1.54) is 20.4 Å². The number of nitrogens with zero attached hydrogens (tertiary/aromatic N) is 2. The van der Waals surface area contributed by atoms with Gasteiger partial charge in [-0.3, -0.25) is 9.59 Å². The summed E-state index contributed by atoms with van der Waals surface area (Å²) in [6.45, 7) is 0.928. The second-order valence-electron chi connectivity index (χ2n) is 7.27. The molecule has 0 bridgehead atoms. The van der Waals surface area contributed by atoms with Crippen molar-refractivity contribution >= 4 is 18.0 Å². The number of para-hydroxylation sites is 1. The molecule has 0 unspecified atom stereocenters. The highest BCUT2D eigenvalue weighted by atomic mass is 16.5. The second-order valence-corrected chi connectivity index (χ2v) is 7.27. The van der Waals surface area contributed by atoms with Crippen LogP contribution in [0.2, 0.25) is 0 Å². The number of rotatable bonds is 7. The number of amides is 2. The van der Waals surface area contributed by atoms with Crippen molar-refractivity contribution in [3.63, 3.8) is 0 Å². The van der Waals surface area contributed by atoms with Crippen LogP contribution >= 0.6 is 0 Å². The number of phenols is 1. The van der Waals surface area contributed by atoms with E-state index in [9.17, 15) is 14.7 Å². The van der Waals surface area contributed by atoms with Crippen molar-refractivity contribution in [2.45, 2.75) is 12.8 Å². The maximum absolute atomic E-state index is 12.8. The molecule has 0 saturated carbocycles. The molecule has 9 nitrogen and oxygen atoms in total. The maximum Gasteiger partial charge on any atom is 0.253 e. The molecule has 0 spiro atoms. The summed E-state index contributed by atoms with van der Waals surface area (Å²) in [7, 11) is 4.52. The third-order valence-electron chi connectivity index (χ3n) is 5.41. The number of ether oxygens (including phenoxy) is 3. The van der Waals surface area contributed by atoms with Crippen LogP contribution < -0.4 is 19.6 Å². The van der Waals surface area contributed by atoms with Crippen molar-refractivity contribution in [3.8, 4) is 23.0 Å². The van der Waals surface area contributed by atoms with Crippen molar-refractivity contribution in [2.75, 3.05) is 34.4 Å². The highest BCUT2D eigenvalue weighted by molar-refractivity contribution is 5.95. The van der Waals surface area contributed by atoms with Crippen LogP contribution in [0.4, 0.5) is 0 Å². The summed E-state index contributed by atoms with van der Waals surface area (Å²) >= 11 is 0. The van der Waals surface area contributed by atoms with E-state index in [1.807, 2.05) is 0 Å². The fourth-order valence-corrected chi connectivity index (χ4v) is 3.56. The molecule has 1 saturated heterocycles. The van der Waals surface area contributed by atoms with Gasteiger partial charge in [-0.25, -0.2) is 5.43 Å². The van der Waals surface area contributed by atoms with Gasteiger partial charge in [-0.15, -0.1) is 0 Å². The molecule has 1 aliphatic rings. The lowest BCUT2D eigenvalue weighted by atomic mass is 9.95. The van der Waals surface area contributed by atoms with Gasteiger partial charge < -0.3 is 24.2 Å². The minimum atomic E-state index is -0.250. The number of benzene rings is 2. The molecule has 170 valence electrons. The Hall–Kier alpha value is -3.75. The average molecular weight is 441 g/mol. The Morgan fingerprint density at radius 1 is 1.03 bits per heavy atom. The molecule has 2 aromatic carbocycles. The molecule has 0 aliphatic carbocycles. The highest BCUT2D eigenvalue weighted by Gasteiger charge is 2.28. The predicted molar refractivity (Wildman–Crippen MR) is 119 cm³/mol. The molecule has 1 heterocycles. The number of carbonyl (C=O) groups is 2. The van der Waals surface area contributed by atoms with Crippen molar-refractivity contribution < 1.29 is 28.9 Å². The Balaban J connectivity index is 1.54. The monoisotopic (exact) mass is 441 g/mol. The van der Waals surface area contributed by atoms with Crippen molar-refractivity contribution in [3.05, 3.63) is 47.5 Å². The van der Waals surface area contributed by atoms with Crippen LogP contribution in [0.1, 0.15) is 28.8 Å². The van der Waals surface area contributed by atoms with Gasteiger partial charge in [0.1, 0.15) is 0 Å². The molecule has 9 heteroatoms. The number of hydrogen-bond donors (Lipinski definition) is 2. The zero-order chi connectivity index (χ0) is 23.1. The molecule has 2 aromatic rings. The smallest absolute Gasteiger partial charge is 0.253 e. The van der Waals surface area contributed by atoms with Crippen LogP contribution in [0, 0.1) is 5.92 Å². The molecule has 3 rings (SSSR count). The van der Waals surface area contributed by atoms with E-state index in [2.05, 4.69) is 10.5 Å². The van der Waals surface area contributed by atoms with Crippen molar-refractivity contribution in [2.24, 2.45) is 11.0 Å². The first-order valence-electron chi connectivity index (χ1n) is 10.2. The summed E-state index contributed by atoms with van der Waals surface area (Å²) in [6, 6.07) is 10.1. The summed E-state index contributed by atoms with van der Waals surface area (Å²) in [5, 5.41) is 14.0. The van der Waals surface area contributed by atoms with Crippen LogP contribution in [0.5, 0.6) is 23.0 Å². The Labute approximate surface area is 186 Å². The van der Waals surface area contributed by atoms with E-state index < -0.39 is 0 Å². The number of phenolic OH excluding ortho intramolecular Hbond substituents is 1. The predicted octanol–water partition coefficient (Wildman–Crippen LogP) is 2.42. The quantitative estimate of drug-likeness (QED) is 0.505. The molecule has 0 radical (unpaired) electrons. The third kappa shape index (κ3) is 5.11. The Bertz CT molecular complexity index is 999. The molecule has 1 fully saturated rings. The van der Waals surface area contributed by atoms with Gasteiger partial charge in [0.2, 0.25) is 5.91 Å². The van der Waals surface area contributed by atoms with Crippen LogP contribution in [0.15, 0.2) is 41.5 Å². The number of hydrogen-bond acceptors (Lipinski definition) is 7. The first-order chi connectivity index (χ1) is 15.5. The van der Waals surface area contributed by atoms with Crippen molar-refractivity contribution in [1.82, 2.24) is 10.3 Å². The van der Waals surface area contributed by atoms with E-state index in [0.717, 1.165) is 0 Å². The molecule has 2 N–H and O–H groups in total. The van der Waals surface area contributed by atoms with Crippen LogP contribution in [0.25, 0.3) is 0 Å². The van der Waals surface area contributed by atoms with E-state index in [1.54, 1.807) is 48.4 Å². The minimum absolute atomic E-state index is 0.0463. The van der Waals surface area contributed by atoms with Gasteiger partial charge in [-0.1, -0.05) is 6.07 Å². The first kappa shape index (κ1) is 22.9. The minimum Gasteiger partial charge on any atom is -0.504 e. The molecule has 2 amide bonds. The van der Waals surface area contributed by atoms with E-state index in [-0.39, 0.29) is 23.5 Å². The maximum atomic E-state index is 12.8. The van der Waals surface area contributed by atoms with E-state index >= 15 is 0 Å². The van der Waals surface area contributed by atoms with Gasteiger partial charge >= 0.3 is 0 Å². The van der Waals surface area contributed by atoms with Crippen molar-refractivity contribution in [1.29, 1.82) is 0 Å². The van der Waals surface area contributed by atoms with Crippen LogP contribution in [-0.4, -0.2) is 62.5 Å². The number of methoxy groups -OCH3 is 3. The number of hydrazone groups is 1. The van der Waals surface area contributed by atoms with Gasteiger partial charge in [0.05, 0.1) is 27.5 Å². The molecule has 32 heavy (non-hydrogen) atoms. The fraction of sp³-hybridized carbons (Fsp3) is 0.348. The standard InChI is InChI=1S/C23H27N3O6/c1-30-18-8-7-16(13-20(18)32-3)23(29)26-11-9-15(10-12-26)22(28)25-24-14-17-5-4-6-19(31-2)21(17)27/h4-8,13-15,27H,9-12H2,1-3H3,(H,25,28)/b24-14-. The lowest BCUT2D eigenvalue weighted by Crippen LogP contribution is -2.42. The number of likely N-dealkylation sites (tertiary alicyclic amines) is 1. The Morgan fingerprint density at radius 2 is 1.72 bits per heavy atom. The Kier molecular flexibility index (Phi) is 7.54. The first-order valence-corrected chi connectivity index (χ1v) is 10.2. The molecular formula is C23H27N3O6. The molecule has 0 aromatic heterocycles. The van der Waals surface area contributed by atoms with Gasteiger partial charge in [-0.05, 0) is 43.2 Å². The lowest BCUT2D eigenvalue weighted by Gasteiger charge is -2.31. The molecule has 1 aliphatic heterocycles. The van der Waals surface area contributed by atoms with Crippen LogP contribution in [-0.2, 0) is 4.79 Å². The summed E-state index contributed by atoms with van der Waals surface area (Å²) in [6.07, 6.45) is 2.43. The third-order valence-corrected chi connectivity index (χ3v) is 5.41. The number of nitrogens with one attached hydrogen (secondary N) is 1. The summed E-state index contributed by atoms with van der Waals surface area (Å²) in [5.74, 6) is 0.746. The summed E-state index contributed by atoms with van der Waals surface area (Å²) < 4.78 is 15.5. The second kappa shape index (κ2) is 10.5. The zero-order valence-electron chi connectivity index (χ0n) is 18.3. The topological polar surface area (TPSA) is 110 Å². The normalized spacial score (nSPS) is 14.3. The molecule has 0 atom stereocenters. The number of carbonyl (C=O) groups excluding carboxylic acids is 2. The van der Waals surface area contributed by atoms with Crippen LogP contribution in [0.3, 0.4) is 0 Å². The summed E-state index contributed by atoms with van der Waals surface area (Å²) in [4.78, 5) is 27.0. The Morgan fingerprint density at radius 3 is 2.38 bits per heavy atom. The molecular weight excluding hydrogens is 414 g/mol. The summed E-state index contributed by atoms with van der Waals surface area (Å²) in [5.41, 5.74) is 3.45. The lowest BCUT2D eigenvalue weighted by molar-refractivity contribution is -0.126. The van der Waals surface area contributed by atoms with Gasteiger partial charge in [-0.2, -0.15) is 5.10 Å². The number of aromatic hydroxyl groups is 1. The average Bonchev–Trinajstić information content (AvgIpc) is 2.84. The van der Waals surface area contributed by atoms with E-state index in [4.69, 9.17) is 14.2 Å². The van der Waals surface area contributed by atoms with Gasteiger partial charge in [0.25, 0.3) is 5.91 Å². The fourth-order valence-electron chi connectivity index (χ4n) is 3.56.